The molecule has 0 unspecified atom stereocenters. The molecule has 7 heteroatoms. The highest BCUT2D eigenvalue weighted by atomic mass is 35.5. The zero-order chi connectivity index (χ0) is 17.7. The van der Waals surface area contributed by atoms with E-state index >= 15 is 0 Å². The van der Waals surface area contributed by atoms with Gasteiger partial charge in [-0.3, -0.25) is 14.4 Å². The van der Waals surface area contributed by atoms with Crippen molar-refractivity contribution in [3.63, 3.8) is 0 Å². The molecule has 2 rings (SSSR count). The second kappa shape index (κ2) is 7.61. The zero-order valence-corrected chi connectivity index (χ0v) is 13.9. The van der Waals surface area contributed by atoms with Gasteiger partial charge in [0.2, 0.25) is 11.8 Å². The van der Waals surface area contributed by atoms with E-state index in [9.17, 15) is 14.4 Å². The van der Waals surface area contributed by atoms with E-state index in [1.807, 2.05) is 0 Å². The first kappa shape index (κ1) is 17.5. The summed E-state index contributed by atoms with van der Waals surface area (Å²) in [5.74, 6) is -0.790. The first-order valence-corrected chi connectivity index (χ1v) is 7.49. The minimum absolute atomic E-state index is 0.215. The van der Waals surface area contributed by atoms with Crippen LogP contribution in [-0.2, 0) is 9.59 Å². The summed E-state index contributed by atoms with van der Waals surface area (Å²) in [6.07, 6.45) is 0. The Balaban J connectivity index is 2.13. The normalized spacial score (nSPS) is 9.96. The lowest BCUT2D eigenvalue weighted by Gasteiger charge is -2.10. The van der Waals surface area contributed by atoms with Crippen LogP contribution in [0.3, 0.4) is 0 Å². The molecule has 0 aliphatic carbocycles. The second-order valence-electron chi connectivity index (χ2n) is 5.09. The quantitative estimate of drug-likeness (QED) is 0.792. The standard InChI is InChI=1S/C17H16ClN3O3/c1-10(22)19-13-5-3-4-12(8-13)17(24)21-14-6-7-16(15(18)9-14)20-11(2)23/h3-9H,1-2H3,(H,19,22)(H,20,23)(H,21,24). The van der Waals surface area contributed by atoms with Gasteiger partial charge in [-0.25, -0.2) is 0 Å². The zero-order valence-electron chi connectivity index (χ0n) is 13.1. The van der Waals surface area contributed by atoms with Crippen LogP contribution in [0.25, 0.3) is 0 Å². The maximum absolute atomic E-state index is 12.3. The third-order valence-electron chi connectivity index (χ3n) is 2.98. The molecule has 0 atom stereocenters. The molecule has 0 heterocycles. The Kier molecular flexibility index (Phi) is 5.55. The summed E-state index contributed by atoms with van der Waals surface area (Å²) in [5, 5.41) is 8.23. The van der Waals surface area contributed by atoms with E-state index in [0.29, 0.717) is 27.6 Å². The average Bonchev–Trinajstić information content (AvgIpc) is 2.49. The topological polar surface area (TPSA) is 87.3 Å². The molecule has 2 aromatic rings. The van der Waals surface area contributed by atoms with Crippen LogP contribution >= 0.6 is 11.6 Å². The van der Waals surface area contributed by atoms with Crippen LogP contribution in [0.15, 0.2) is 42.5 Å². The fourth-order valence-electron chi connectivity index (χ4n) is 2.03. The Morgan fingerprint density at radius 3 is 2.12 bits per heavy atom. The summed E-state index contributed by atoms with van der Waals surface area (Å²) >= 11 is 6.07. The third kappa shape index (κ3) is 4.82. The number of rotatable bonds is 4. The molecule has 3 N–H and O–H groups in total. The largest absolute Gasteiger partial charge is 0.326 e. The highest BCUT2D eigenvalue weighted by molar-refractivity contribution is 6.34. The lowest BCUT2D eigenvalue weighted by molar-refractivity contribution is -0.115. The van der Waals surface area contributed by atoms with Gasteiger partial charge in [-0.15, -0.1) is 0 Å². The predicted molar refractivity (Wildman–Crippen MR) is 94.5 cm³/mol. The number of carbonyl (C=O) groups excluding carboxylic acids is 3. The van der Waals surface area contributed by atoms with E-state index in [1.54, 1.807) is 42.5 Å². The van der Waals surface area contributed by atoms with Crippen molar-refractivity contribution in [2.45, 2.75) is 13.8 Å². The summed E-state index contributed by atoms with van der Waals surface area (Å²) in [7, 11) is 0. The Hall–Kier alpha value is -2.86. The molecular formula is C17H16ClN3O3. The van der Waals surface area contributed by atoms with Crippen molar-refractivity contribution in [2.24, 2.45) is 0 Å². The van der Waals surface area contributed by atoms with E-state index in [0.717, 1.165) is 0 Å². The molecule has 2 aromatic carbocycles. The number of anilines is 3. The van der Waals surface area contributed by atoms with E-state index < -0.39 is 0 Å². The number of amides is 3. The first-order valence-electron chi connectivity index (χ1n) is 7.11. The molecule has 6 nitrogen and oxygen atoms in total. The summed E-state index contributed by atoms with van der Waals surface area (Å²) in [4.78, 5) is 34.4. The predicted octanol–water partition coefficient (Wildman–Crippen LogP) is 3.51. The molecule has 24 heavy (non-hydrogen) atoms. The van der Waals surface area contributed by atoms with Gasteiger partial charge >= 0.3 is 0 Å². The van der Waals surface area contributed by atoms with Crippen LogP contribution in [0.4, 0.5) is 17.1 Å². The summed E-state index contributed by atoms with van der Waals surface area (Å²) < 4.78 is 0. The van der Waals surface area contributed by atoms with Crippen molar-refractivity contribution in [1.82, 2.24) is 0 Å². The van der Waals surface area contributed by atoms with Crippen molar-refractivity contribution < 1.29 is 14.4 Å². The summed E-state index contributed by atoms with van der Waals surface area (Å²) in [5.41, 5.74) is 1.89. The number of carbonyl (C=O) groups is 3. The minimum atomic E-state index is -0.342. The van der Waals surface area contributed by atoms with Gasteiger partial charge in [-0.1, -0.05) is 17.7 Å². The van der Waals surface area contributed by atoms with E-state index in [2.05, 4.69) is 16.0 Å². The summed E-state index contributed by atoms with van der Waals surface area (Å²) in [6, 6.07) is 11.4. The van der Waals surface area contributed by atoms with Gasteiger partial charge < -0.3 is 16.0 Å². The molecule has 0 fully saturated rings. The van der Waals surface area contributed by atoms with Gasteiger partial charge in [-0.05, 0) is 36.4 Å². The number of hydrogen-bond acceptors (Lipinski definition) is 3. The molecule has 0 aliphatic heterocycles. The Labute approximate surface area is 144 Å². The number of hydrogen-bond donors (Lipinski definition) is 3. The molecular weight excluding hydrogens is 330 g/mol. The monoisotopic (exact) mass is 345 g/mol. The van der Waals surface area contributed by atoms with Crippen molar-refractivity contribution in [1.29, 1.82) is 0 Å². The lowest BCUT2D eigenvalue weighted by atomic mass is 10.1. The SMILES string of the molecule is CC(=O)Nc1cccc(C(=O)Nc2ccc(NC(C)=O)c(Cl)c2)c1. The van der Waals surface area contributed by atoms with Crippen molar-refractivity contribution in [3.05, 3.63) is 53.1 Å². The maximum Gasteiger partial charge on any atom is 0.255 e. The molecule has 124 valence electrons. The van der Waals surface area contributed by atoms with Crippen LogP contribution in [0.5, 0.6) is 0 Å². The fourth-order valence-corrected chi connectivity index (χ4v) is 2.26. The van der Waals surface area contributed by atoms with E-state index in [4.69, 9.17) is 11.6 Å². The number of nitrogens with one attached hydrogen (secondary N) is 3. The van der Waals surface area contributed by atoms with Crippen LogP contribution in [0.1, 0.15) is 24.2 Å². The smallest absolute Gasteiger partial charge is 0.255 e. The van der Waals surface area contributed by atoms with Crippen molar-refractivity contribution in [3.8, 4) is 0 Å². The van der Waals surface area contributed by atoms with Crippen LogP contribution in [0.2, 0.25) is 5.02 Å². The Morgan fingerprint density at radius 1 is 0.833 bits per heavy atom. The molecule has 3 amide bonds. The van der Waals surface area contributed by atoms with E-state index in [-0.39, 0.29) is 17.7 Å². The molecule has 0 aliphatic rings. The molecule has 0 bridgehead atoms. The summed E-state index contributed by atoms with van der Waals surface area (Å²) in [6.45, 7) is 2.78. The number of halogens is 1. The third-order valence-corrected chi connectivity index (χ3v) is 3.30. The number of benzene rings is 2. The molecule has 0 saturated carbocycles. The lowest BCUT2D eigenvalue weighted by Crippen LogP contribution is -2.13. The highest BCUT2D eigenvalue weighted by Gasteiger charge is 2.09. The van der Waals surface area contributed by atoms with Gasteiger partial charge in [0.05, 0.1) is 10.7 Å². The first-order chi connectivity index (χ1) is 11.3. The molecule has 0 aromatic heterocycles. The Bertz CT molecular complexity index is 805. The highest BCUT2D eigenvalue weighted by Crippen LogP contribution is 2.26. The van der Waals surface area contributed by atoms with Crippen molar-refractivity contribution in [2.75, 3.05) is 16.0 Å². The van der Waals surface area contributed by atoms with Gasteiger partial charge in [0, 0.05) is 30.8 Å². The van der Waals surface area contributed by atoms with Crippen LogP contribution in [0, 0.1) is 0 Å². The maximum atomic E-state index is 12.3. The minimum Gasteiger partial charge on any atom is -0.326 e. The van der Waals surface area contributed by atoms with Gasteiger partial charge in [-0.2, -0.15) is 0 Å². The fraction of sp³-hybridized carbons (Fsp3) is 0.118. The van der Waals surface area contributed by atoms with Gasteiger partial charge in [0.15, 0.2) is 0 Å². The molecule has 0 spiro atoms. The average molecular weight is 346 g/mol. The van der Waals surface area contributed by atoms with E-state index in [1.165, 1.54) is 13.8 Å². The second-order valence-corrected chi connectivity index (χ2v) is 5.50. The van der Waals surface area contributed by atoms with Crippen molar-refractivity contribution >= 4 is 46.4 Å². The molecule has 0 saturated heterocycles. The van der Waals surface area contributed by atoms with Gasteiger partial charge in [0.25, 0.3) is 5.91 Å². The van der Waals surface area contributed by atoms with Gasteiger partial charge in [0.1, 0.15) is 0 Å². The van der Waals surface area contributed by atoms with Crippen LogP contribution in [-0.4, -0.2) is 17.7 Å². The molecule has 0 radical (unpaired) electrons. The van der Waals surface area contributed by atoms with Crippen LogP contribution < -0.4 is 16.0 Å². The Morgan fingerprint density at radius 2 is 1.50 bits per heavy atom.